The number of halogens is 3. The molecule has 0 aliphatic carbocycles. The van der Waals surface area contributed by atoms with Crippen LogP contribution in [0.1, 0.15) is 16.5 Å². The molecule has 0 aliphatic heterocycles. The maximum absolute atomic E-state index is 10.5. The first-order valence-electron chi connectivity index (χ1n) is 5.52. The lowest BCUT2D eigenvalue weighted by molar-refractivity contribution is 0.223. The van der Waals surface area contributed by atoms with Crippen molar-refractivity contribution in [2.75, 3.05) is 14.2 Å². The molecule has 0 saturated heterocycles. The molecule has 2 rings (SSSR count). The zero-order valence-corrected chi connectivity index (χ0v) is 15.4. The molecule has 0 radical (unpaired) electrons. The van der Waals surface area contributed by atoms with Crippen molar-refractivity contribution in [3.63, 3.8) is 0 Å². The fourth-order valence-electron chi connectivity index (χ4n) is 1.73. The van der Waals surface area contributed by atoms with E-state index in [2.05, 4.69) is 31.9 Å². The fraction of sp³-hybridized carbons (Fsp3) is 0.231. The Morgan fingerprint density at radius 3 is 2.25 bits per heavy atom. The molecule has 0 bridgehead atoms. The van der Waals surface area contributed by atoms with Gasteiger partial charge in [0.2, 0.25) is 0 Å². The van der Waals surface area contributed by atoms with E-state index < -0.39 is 6.10 Å². The van der Waals surface area contributed by atoms with Crippen molar-refractivity contribution in [3.05, 3.63) is 41.9 Å². The number of rotatable bonds is 4. The van der Waals surface area contributed by atoms with Gasteiger partial charge in [-0.15, -0.1) is 11.3 Å². The molecule has 20 heavy (non-hydrogen) atoms. The predicted octanol–water partition coefficient (Wildman–Crippen LogP) is 5.03. The van der Waals surface area contributed by atoms with Gasteiger partial charge >= 0.3 is 0 Å². The Labute approximate surface area is 142 Å². The monoisotopic (exact) mass is 440 g/mol. The number of hydrogen-bond acceptors (Lipinski definition) is 4. The second-order valence-corrected chi connectivity index (χ2v) is 7.56. The molecule has 3 nitrogen and oxygen atoms in total. The van der Waals surface area contributed by atoms with Gasteiger partial charge in [-0.3, -0.25) is 0 Å². The molecule has 0 aliphatic rings. The third-order valence-electron chi connectivity index (χ3n) is 2.73. The molecule has 0 fully saturated rings. The van der Waals surface area contributed by atoms with Crippen molar-refractivity contribution in [1.29, 1.82) is 0 Å². The first kappa shape index (κ1) is 16.1. The van der Waals surface area contributed by atoms with Gasteiger partial charge in [0.1, 0.15) is 6.10 Å². The van der Waals surface area contributed by atoms with Crippen molar-refractivity contribution in [2.45, 2.75) is 6.10 Å². The van der Waals surface area contributed by atoms with Crippen LogP contribution in [-0.4, -0.2) is 19.3 Å². The van der Waals surface area contributed by atoms with Crippen molar-refractivity contribution in [2.24, 2.45) is 0 Å². The molecule has 0 saturated carbocycles. The van der Waals surface area contributed by atoms with Gasteiger partial charge < -0.3 is 14.6 Å². The van der Waals surface area contributed by atoms with Crippen LogP contribution in [0.3, 0.4) is 0 Å². The zero-order valence-electron chi connectivity index (χ0n) is 10.6. The molecule has 0 spiro atoms. The Morgan fingerprint density at radius 1 is 1.15 bits per heavy atom. The van der Waals surface area contributed by atoms with E-state index in [1.807, 2.05) is 6.07 Å². The van der Waals surface area contributed by atoms with E-state index in [1.54, 1.807) is 19.2 Å². The Balaban J connectivity index is 2.46. The van der Waals surface area contributed by atoms with Gasteiger partial charge in [0.05, 0.1) is 23.0 Å². The molecule has 1 atom stereocenters. The Bertz CT molecular complexity index is 611. The standard InChI is InChI=1S/C13H11Br2ClO3S/c1-18-9-3-6(8(16)5-10(9)19-2)12(17)11-4-7(14)13(15)20-11/h3-5,12,17H,1-2H3. The first-order valence-corrected chi connectivity index (χ1v) is 8.30. The van der Waals surface area contributed by atoms with Crippen LogP contribution >= 0.6 is 54.8 Å². The number of aliphatic hydroxyl groups is 1. The summed E-state index contributed by atoms with van der Waals surface area (Å²) in [6.07, 6.45) is -0.824. The molecule has 1 N–H and O–H groups in total. The summed E-state index contributed by atoms with van der Waals surface area (Å²) in [5.74, 6) is 1.06. The van der Waals surface area contributed by atoms with E-state index in [4.69, 9.17) is 21.1 Å². The van der Waals surface area contributed by atoms with E-state index in [0.29, 0.717) is 22.1 Å². The summed E-state index contributed by atoms with van der Waals surface area (Å²) in [6.45, 7) is 0. The first-order chi connectivity index (χ1) is 9.47. The molecule has 1 aromatic carbocycles. The molecule has 1 heterocycles. The Morgan fingerprint density at radius 2 is 1.75 bits per heavy atom. The lowest BCUT2D eigenvalue weighted by Gasteiger charge is -2.15. The quantitative estimate of drug-likeness (QED) is 0.722. The van der Waals surface area contributed by atoms with E-state index in [9.17, 15) is 5.11 Å². The van der Waals surface area contributed by atoms with Gasteiger partial charge in [-0.05, 0) is 44.0 Å². The summed E-state index contributed by atoms with van der Waals surface area (Å²) in [6, 6.07) is 5.18. The number of thiophene rings is 1. The highest BCUT2D eigenvalue weighted by Crippen LogP contribution is 2.42. The summed E-state index contributed by atoms with van der Waals surface area (Å²) in [5, 5.41) is 10.9. The molecule has 1 unspecified atom stereocenters. The lowest BCUT2D eigenvalue weighted by atomic mass is 10.1. The van der Waals surface area contributed by atoms with Crippen LogP contribution in [0.4, 0.5) is 0 Å². The zero-order chi connectivity index (χ0) is 14.9. The highest BCUT2D eigenvalue weighted by Gasteiger charge is 2.20. The SMILES string of the molecule is COc1cc(Cl)c(C(O)c2cc(Br)c(Br)s2)cc1OC. The minimum Gasteiger partial charge on any atom is -0.493 e. The molecular weight excluding hydrogens is 431 g/mol. The lowest BCUT2D eigenvalue weighted by Crippen LogP contribution is -2.00. The van der Waals surface area contributed by atoms with Crippen LogP contribution in [0.2, 0.25) is 5.02 Å². The second kappa shape index (κ2) is 6.66. The Hall–Kier alpha value is -0.270. The molecule has 108 valence electrons. The third-order valence-corrected chi connectivity index (χ3v) is 6.37. The van der Waals surface area contributed by atoms with Crippen molar-refractivity contribution in [1.82, 2.24) is 0 Å². The molecular formula is C13H11Br2ClO3S. The topological polar surface area (TPSA) is 38.7 Å². The second-order valence-electron chi connectivity index (χ2n) is 3.90. The number of benzene rings is 1. The van der Waals surface area contributed by atoms with Crippen LogP contribution in [0.25, 0.3) is 0 Å². The number of methoxy groups -OCH3 is 2. The van der Waals surface area contributed by atoms with Crippen LogP contribution in [-0.2, 0) is 0 Å². The van der Waals surface area contributed by atoms with Gasteiger partial charge in [-0.2, -0.15) is 0 Å². The van der Waals surface area contributed by atoms with Crippen LogP contribution in [0.15, 0.2) is 26.5 Å². The number of aliphatic hydroxyl groups excluding tert-OH is 1. The van der Waals surface area contributed by atoms with E-state index in [-0.39, 0.29) is 0 Å². The van der Waals surface area contributed by atoms with Gasteiger partial charge in [0, 0.05) is 21.0 Å². The molecule has 7 heteroatoms. The molecule has 2 aromatic rings. The average molecular weight is 443 g/mol. The predicted molar refractivity (Wildman–Crippen MR) is 88.3 cm³/mol. The van der Waals surface area contributed by atoms with Gasteiger partial charge in [0.15, 0.2) is 11.5 Å². The third kappa shape index (κ3) is 3.14. The van der Waals surface area contributed by atoms with Crippen molar-refractivity contribution >= 4 is 54.8 Å². The maximum atomic E-state index is 10.5. The largest absolute Gasteiger partial charge is 0.493 e. The van der Waals surface area contributed by atoms with E-state index >= 15 is 0 Å². The number of ether oxygens (including phenoxy) is 2. The summed E-state index contributed by atoms with van der Waals surface area (Å²) in [7, 11) is 3.08. The highest BCUT2D eigenvalue weighted by molar-refractivity contribution is 9.13. The Kier molecular flexibility index (Phi) is 5.36. The minimum atomic E-state index is -0.824. The van der Waals surface area contributed by atoms with E-state index in [1.165, 1.54) is 18.4 Å². The summed E-state index contributed by atoms with van der Waals surface area (Å²) in [5.41, 5.74) is 0.575. The average Bonchev–Trinajstić information content (AvgIpc) is 2.77. The molecule has 0 amide bonds. The van der Waals surface area contributed by atoms with Crippen LogP contribution in [0.5, 0.6) is 11.5 Å². The summed E-state index contributed by atoms with van der Waals surface area (Å²) in [4.78, 5) is 0.776. The number of hydrogen-bond donors (Lipinski definition) is 1. The van der Waals surface area contributed by atoms with Crippen LogP contribution in [0, 0.1) is 0 Å². The fourth-order valence-corrected chi connectivity index (χ4v) is 4.08. The van der Waals surface area contributed by atoms with Crippen molar-refractivity contribution < 1.29 is 14.6 Å². The van der Waals surface area contributed by atoms with Crippen molar-refractivity contribution in [3.8, 4) is 11.5 Å². The van der Waals surface area contributed by atoms with E-state index in [0.717, 1.165) is 13.1 Å². The highest BCUT2D eigenvalue weighted by atomic mass is 79.9. The van der Waals surface area contributed by atoms with Crippen LogP contribution < -0.4 is 9.47 Å². The molecule has 1 aromatic heterocycles. The summed E-state index contributed by atoms with van der Waals surface area (Å²) < 4.78 is 12.2. The smallest absolute Gasteiger partial charge is 0.162 e. The normalized spacial score (nSPS) is 12.3. The summed E-state index contributed by atoms with van der Waals surface area (Å²) >= 11 is 14.5. The van der Waals surface area contributed by atoms with Gasteiger partial charge in [-0.1, -0.05) is 11.6 Å². The minimum absolute atomic E-state index is 0.427. The van der Waals surface area contributed by atoms with Gasteiger partial charge in [-0.25, -0.2) is 0 Å². The van der Waals surface area contributed by atoms with Gasteiger partial charge in [0.25, 0.3) is 0 Å². The maximum Gasteiger partial charge on any atom is 0.162 e.